The molecule has 0 aromatic heterocycles. The van der Waals surface area contributed by atoms with Crippen LogP contribution in [0.5, 0.6) is 0 Å². The second kappa shape index (κ2) is 6.67. The van der Waals surface area contributed by atoms with Crippen molar-refractivity contribution in [2.45, 2.75) is 13.0 Å². The first-order valence-electron chi connectivity index (χ1n) is 4.84. The van der Waals surface area contributed by atoms with Gasteiger partial charge < -0.3 is 15.2 Å². The number of hydrogen-bond acceptors (Lipinski definition) is 3. The van der Waals surface area contributed by atoms with Crippen molar-refractivity contribution in [2.24, 2.45) is 0 Å². The van der Waals surface area contributed by atoms with Crippen LogP contribution in [-0.2, 0) is 16.1 Å². The van der Waals surface area contributed by atoms with Crippen LogP contribution in [0.4, 0.5) is 5.69 Å². The molecule has 1 aromatic rings. The molecule has 0 spiro atoms. The molecular formula is C11H16ClNO2. The van der Waals surface area contributed by atoms with Crippen molar-refractivity contribution >= 4 is 17.3 Å². The van der Waals surface area contributed by atoms with Crippen LogP contribution in [0.15, 0.2) is 18.2 Å². The van der Waals surface area contributed by atoms with Gasteiger partial charge in [-0.25, -0.2) is 0 Å². The molecule has 0 radical (unpaired) electrons. The summed E-state index contributed by atoms with van der Waals surface area (Å²) in [4.78, 5) is 0. The number of anilines is 1. The van der Waals surface area contributed by atoms with Crippen LogP contribution >= 0.6 is 11.6 Å². The lowest BCUT2D eigenvalue weighted by molar-refractivity contribution is 0.0931. The molecule has 3 nitrogen and oxygen atoms in total. The van der Waals surface area contributed by atoms with E-state index in [2.05, 4.69) is 0 Å². The lowest BCUT2D eigenvalue weighted by Gasteiger charge is -2.07. The Morgan fingerprint density at radius 1 is 1.33 bits per heavy atom. The maximum absolute atomic E-state index is 5.78. The molecular weight excluding hydrogens is 214 g/mol. The maximum atomic E-state index is 5.78. The molecule has 0 aliphatic rings. The third-order valence-electron chi connectivity index (χ3n) is 2.00. The summed E-state index contributed by atoms with van der Waals surface area (Å²) in [6, 6.07) is 5.43. The Bertz CT molecular complexity index is 305. The number of ether oxygens (including phenoxy) is 2. The van der Waals surface area contributed by atoms with Gasteiger partial charge in [0, 0.05) is 36.6 Å². The third-order valence-corrected chi connectivity index (χ3v) is 2.24. The fraction of sp³-hybridized carbons (Fsp3) is 0.455. The molecule has 0 bridgehead atoms. The van der Waals surface area contributed by atoms with E-state index in [1.807, 2.05) is 12.1 Å². The largest absolute Gasteiger partial charge is 0.398 e. The van der Waals surface area contributed by atoms with E-state index in [1.54, 1.807) is 13.2 Å². The molecule has 0 aliphatic heterocycles. The van der Waals surface area contributed by atoms with Crippen LogP contribution < -0.4 is 5.73 Å². The Labute approximate surface area is 95.1 Å². The molecule has 15 heavy (non-hydrogen) atoms. The van der Waals surface area contributed by atoms with E-state index in [0.29, 0.717) is 23.9 Å². The number of rotatable bonds is 6. The normalized spacial score (nSPS) is 10.5. The average molecular weight is 230 g/mol. The zero-order valence-corrected chi connectivity index (χ0v) is 9.59. The highest BCUT2D eigenvalue weighted by Gasteiger charge is 1.99. The Morgan fingerprint density at radius 2 is 2.13 bits per heavy atom. The molecule has 0 fully saturated rings. The van der Waals surface area contributed by atoms with Crippen molar-refractivity contribution in [3.8, 4) is 0 Å². The summed E-state index contributed by atoms with van der Waals surface area (Å²) in [5, 5.41) is 0.649. The molecule has 84 valence electrons. The number of halogens is 1. The Kier molecular flexibility index (Phi) is 5.47. The molecule has 0 amide bonds. The highest BCUT2D eigenvalue weighted by atomic mass is 35.5. The van der Waals surface area contributed by atoms with E-state index in [-0.39, 0.29) is 0 Å². The zero-order valence-electron chi connectivity index (χ0n) is 8.83. The molecule has 4 heteroatoms. The molecule has 1 rings (SSSR count). The number of benzene rings is 1. The zero-order chi connectivity index (χ0) is 11.1. The molecule has 0 saturated carbocycles. The second-order valence-electron chi connectivity index (χ2n) is 3.24. The van der Waals surface area contributed by atoms with E-state index in [0.717, 1.165) is 18.6 Å². The minimum atomic E-state index is 0.521. The Morgan fingerprint density at radius 3 is 2.80 bits per heavy atom. The SMILES string of the molecule is COCCCOCc1ccc(Cl)cc1N. The highest BCUT2D eigenvalue weighted by Crippen LogP contribution is 2.18. The van der Waals surface area contributed by atoms with Gasteiger partial charge in [-0.1, -0.05) is 17.7 Å². The van der Waals surface area contributed by atoms with Gasteiger partial charge in [-0.3, -0.25) is 0 Å². The Balaban J connectivity index is 2.31. The van der Waals surface area contributed by atoms with Crippen LogP contribution in [-0.4, -0.2) is 20.3 Å². The van der Waals surface area contributed by atoms with Crippen LogP contribution in [0.25, 0.3) is 0 Å². The van der Waals surface area contributed by atoms with Gasteiger partial charge in [0.05, 0.1) is 6.61 Å². The third kappa shape index (κ3) is 4.51. The summed E-state index contributed by atoms with van der Waals surface area (Å²) in [6.07, 6.45) is 0.893. The van der Waals surface area contributed by atoms with Gasteiger partial charge >= 0.3 is 0 Å². The molecule has 2 N–H and O–H groups in total. The number of nitrogen functional groups attached to an aromatic ring is 1. The van der Waals surface area contributed by atoms with Gasteiger partial charge in [0.1, 0.15) is 0 Å². The smallest absolute Gasteiger partial charge is 0.0736 e. The average Bonchev–Trinajstić information content (AvgIpc) is 2.20. The fourth-order valence-corrected chi connectivity index (χ4v) is 1.37. The summed E-state index contributed by atoms with van der Waals surface area (Å²) < 4.78 is 10.4. The predicted octanol–water partition coefficient (Wildman–Crippen LogP) is 2.48. The van der Waals surface area contributed by atoms with Gasteiger partial charge in [0.25, 0.3) is 0 Å². The summed E-state index contributed by atoms with van der Waals surface area (Å²) in [7, 11) is 1.68. The van der Waals surface area contributed by atoms with Crippen molar-refractivity contribution in [3.63, 3.8) is 0 Å². The topological polar surface area (TPSA) is 44.5 Å². The number of methoxy groups -OCH3 is 1. The summed E-state index contributed by atoms with van der Waals surface area (Å²) in [5.41, 5.74) is 7.42. The van der Waals surface area contributed by atoms with Gasteiger partial charge in [-0.2, -0.15) is 0 Å². The van der Waals surface area contributed by atoms with Crippen molar-refractivity contribution < 1.29 is 9.47 Å². The quantitative estimate of drug-likeness (QED) is 0.602. The van der Waals surface area contributed by atoms with E-state index < -0.39 is 0 Å². The van der Waals surface area contributed by atoms with Crippen molar-refractivity contribution in [3.05, 3.63) is 28.8 Å². The minimum Gasteiger partial charge on any atom is -0.398 e. The lowest BCUT2D eigenvalue weighted by atomic mass is 10.2. The molecule has 0 unspecified atom stereocenters. The first-order chi connectivity index (χ1) is 7.24. The number of nitrogens with two attached hydrogens (primary N) is 1. The van der Waals surface area contributed by atoms with Crippen molar-refractivity contribution in [2.75, 3.05) is 26.1 Å². The van der Waals surface area contributed by atoms with E-state index >= 15 is 0 Å². The maximum Gasteiger partial charge on any atom is 0.0736 e. The van der Waals surface area contributed by atoms with E-state index in [1.165, 1.54) is 0 Å². The van der Waals surface area contributed by atoms with Gasteiger partial charge in [0.2, 0.25) is 0 Å². The van der Waals surface area contributed by atoms with Crippen LogP contribution in [0.2, 0.25) is 5.02 Å². The van der Waals surface area contributed by atoms with Gasteiger partial charge in [-0.15, -0.1) is 0 Å². The van der Waals surface area contributed by atoms with Crippen molar-refractivity contribution in [1.29, 1.82) is 0 Å². The first kappa shape index (κ1) is 12.3. The van der Waals surface area contributed by atoms with Crippen LogP contribution in [0.3, 0.4) is 0 Å². The van der Waals surface area contributed by atoms with Gasteiger partial charge in [0.15, 0.2) is 0 Å². The summed E-state index contributed by atoms with van der Waals surface area (Å²) in [6.45, 7) is 1.92. The summed E-state index contributed by atoms with van der Waals surface area (Å²) in [5.74, 6) is 0. The highest BCUT2D eigenvalue weighted by molar-refractivity contribution is 6.30. The Hall–Kier alpha value is -0.770. The van der Waals surface area contributed by atoms with E-state index in [9.17, 15) is 0 Å². The monoisotopic (exact) mass is 229 g/mol. The standard InChI is InChI=1S/C11H16ClNO2/c1-14-5-2-6-15-8-9-3-4-10(12)7-11(9)13/h3-4,7H,2,5-6,8,13H2,1H3. The molecule has 0 saturated heterocycles. The van der Waals surface area contributed by atoms with Crippen LogP contribution in [0.1, 0.15) is 12.0 Å². The predicted molar refractivity (Wildman–Crippen MR) is 62.0 cm³/mol. The molecule has 0 heterocycles. The van der Waals surface area contributed by atoms with Crippen molar-refractivity contribution in [1.82, 2.24) is 0 Å². The van der Waals surface area contributed by atoms with E-state index in [4.69, 9.17) is 26.8 Å². The number of hydrogen-bond donors (Lipinski definition) is 1. The first-order valence-corrected chi connectivity index (χ1v) is 5.22. The second-order valence-corrected chi connectivity index (χ2v) is 3.68. The van der Waals surface area contributed by atoms with Gasteiger partial charge in [-0.05, 0) is 18.6 Å². The van der Waals surface area contributed by atoms with Crippen LogP contribution in [0, 0.1) is 0 Å². The molecule has 1 aromatic carbocycles. The lowest BCUT2D eigenvalue weighted by Crippen LogP contribution is -2.01. The molecule has 0 aliphatic carbocycles. The minimum absolute atomic E-state index is 0.521. The summed E-state index contributed by atoms with van der Waals surface area (Å²) >= 11 is 5.78. The molecule has 0 atom stereocenters. The fourth-order valence-electron chi connectivity index (χ4n) is 1.18.